The lowest BCUT2D eigenvalue weighted by atomic mass is 10.1. The van der Waals surface area contributed by atoms with Gasteiger partial charge in [0, 0.05) is 0 Å². The Balaban J connectivity index is 2.68. The van der Waals surface area contributed by atoms with Crippen LogP contribution in [0.5, 0.6) is 0 Å². The molecule has 1 atom stereocenters. The second-order valence-electron chi connectivity index (χ2n) is 4.08. The van der Waals surface area contributed by atoms with Crippen molar-refractivity contribution < 1.29 is 31.5 Å². The molecule has 2 amide bonds. The summed E-state index contributed by atoms with van der Waals surface area (Å²) in [5.41, 5.74) is -1.42. The third kappa shape index (κ3) is 1.89. The molecule has 1 fully saturated rings. The van der Waals surface area contributed by atoms with Gasteiger partial charge in [-0.15, -0.1) is 0 Å². The van der Waals surface area contributed by atoms with E-state index in [0.717, 1.165) is 6.92 Å². The Morgan fingerprint density at radius 1 is 0.950 bits per heavy atom. The summed E-state index contributed by atoms with van der Waals surface area (Å²) < 4.78 is 66.4. The topological polar surface area (TPSA) is 49.4 Å². The predicted molar refractivity (Wildman–Crippen MR) is 56.2 cm³/mol. The van der Waals surface area contributed by atoms with Crippen LogP contribution in [0.15, 0.2) is 0 Å². The Bertz CT molecular complexity index is 590. The van der Waals surface area contributed by atoms with Gasteiger partial charge >= 0.3 is 0 Å². The summed E-state index contributed by atoms with van der Waals surface area (Å²) in [5.74, 6) is -12.7. The second kappa shape index (κ2) is 4.73. The fourth-order valence-electron chi connectivity index (χ4n) is 1.85. The molecule has 108 valence electrons. The highest BCUT2D eigenvalue weighted by Gasteiger charge is 2.38. The van der Waals surface area contributed by atoms with E-state index >= 15 is 0 Å². The van der Waals surface area contributed by atoms with Crippen LogP contribution in [0.1, 0.15) is 6.92 Å². The molecular weight excluding hydrogens is 287 g/mol. The quantitative estimate of drug-likeness (QED) is 0.481. The van der Waals surface area contributed by atoms with Crippen molar-refractivity contribution in [1.29, 1.82) is 0 Å². The van der Waals surface area contributed by atoms with E-state index in [2.05, 4.69) is 5.32 Å². The van der Waals surface area contributed by atoms with Crippen LogP contribution in [0.3, 0.4) is 0 Å². The molecule has 0 aromatic heterocycles. The zero-order valence-corrected chi connectivity index (χ0v) is 9.94. The molecule has 1 unspecified atom stereocenters. The van der Waals surface area contributed by atoms with Gasteiger partial charge in [-0.1, -0.05) is 0 Å². The van der Waals surface area contributed by atoms with Crippen molar-refractivity contribution in [3.05, 3.63) is 29.1 Å². The van der Waals surface area contributed by atoms with Crippen LogP contribution in [-0.4, -0.2) is 24.4 Å². The SMILES string of the molecule is CC1C(=O)NCC(=O)N1c1c(F)c(F)c(F)c(F)c1F. The highest BCUT2D eigenvalue weighted by molar-refractivity contribution is 6.06. The third-order valence-corrected chi connectivity index (χ3v) is 2.88. The molecule has 1 saturated heterocycles. The molecule has 1 heterocycles. The molecule has 2 rings (SSSR count). The average Bonchev–Trinajstić information content (AvgIpc) is 2.42. The van der Waals surface area contributed by atoms with Gasteiger partial charge in [-0.25, -0.2) is 22.0 Å². The molecule has 0 spiro atoms. The van der Waals surface area contributed by atoms with Crippen LogP contribution < -0.4 is 10.2 Å². The lowest BCUT2D eigenvalue weighted by molar-refractivity contribution is -0.130. The average molecular weight is 294 g/mol. The molecular formula is C11H7F5N2O2. The molecule has 4 nitrogen and oxygen atoms in total. The molecule has 9 heteroatoms. The first-order chi connectivity index (χ1) is 9.27. The molecule has 1 aromatic carbocycles. The first-order valence-electron chi connectivity index (χ1n) is 5.38. The molecule has 0 bridgehead atoms. The number of carbonyl (C=O) groups excluding carboxylic acids is 2. The van der Waals surface area contributed by atoms with Crippen molar-refractivity contribution in [2.45, 2.75) is 13.0 Å². The molecule has 1 aliphatic rings. The number of hydrogen-bond donors (Lipinski definition) is 1. The number of piperazine rings is 1. The maximum atomic E-state index is 13.6. The van der Waals surface area contributed by atoms with E-state index in [4.69, 9.17) is 0 Å². The lowest BCUT2D eigenvalue weighted by Crippen LogP contribution is -2.58. The fraction of sp³-hybridized carbons (Fsp3) is 0.273. The number of hydrogen-bond acceptors (Lipinski definition) is 2. The third-order valence-electron chi connectivity index (χ3n) is 2.88. The number of amides is 2. The molecule has 1 N–H and O–H groups in total. The van der Waals surface area contributed by atoms with Crippen molar-refractivity contribution in [3.8, 4) is 0 Å². The van der Waals surface area contributed by atoms with Gasteiger partial charge in [0.25, 0.3) is 0 Å². The van der Waals surface area contributed by atoms with E-state index in [1.165, 1.54) is 0 Å². The summed E-state index contributed by atoms with van der Waals surface area (Å²) in [7, 11) is 0. The predicted octanol–water partition coefficient (Wildman–Crippen LogP) is 1.23. The number of carbonyl (C=O) groups is 2. The Hall–Kier alpha value is -2.19. The Morgan fingerprint density at radius 3 is 1.90 bits per heavy atom. The molecule has 0 aliphatic carbocycles. The largest absolute Gasteiger partial charge is 0.345 e. The highest BCUT2D eigenvalue weighted by Crippen LogP contribution is 2.32. The number of nitrogens with one attached hydrogen (secondary N) is 1. The van der Waals surface area contributed by atoms with Crippen molar-refractivity contribution >= 4 is 17.5 Å². The maximum Gasteiger partial charge on any atom is 0.247 e. The fourth-order valence-corrected chi connectivity index (χ4v) is 1.85. The normalized spacial score (nSPS) is 19.3. The van der Waals surface area contributed by atoms with Crippen LogP contribution in [-0.2, 0) is 9.59 Å². The van der Waals surface area contributed by atoms with Gasteiger partial charge in [0.1, 0.15) is 11.7 Å². The van der Waals surface area contributed by atoms with Crippen LogP contribution in [0.2, 0.25) is 0 Å². The van der Waals surface area contributed by atoms with Crippen LogP contribution in [0.25, 0.3) is 0 Å². The Labute approximate surface area is 109 Å². The zero-order chi connectivity index (χ0) is 15.2. The van der Waals surface area contributed by atoms with E-state index in [1.807, 2.05) is 0 Å². The van der Waals surface area contributed by atoms with Crippen molar-refractivity contribution in [2.24, 2.45) is 0 Å². The van der Waals surface area contributed by atoms with Gasteiger partial charge in [-0.3, -0.25) is 14.5 Å². The van der Waals surface area contributed by atoms with E-state index in [-0.39, 0.29) is 4.90 Å². The molecule has 20 heavy (non-hydrogen) atoms. The van der Waals surface area contributed by atoms with Crippen molar-refractivity contribution in [2.75, 3.05) is 11.4 Å². The van der Waals surface area contributed by atoms with E-state index in [0.29, 0.717) is 0 Å². The van der Waals surface area contributed by atoms with E-state index in [1.54, 1.807) is 0 Å². The highest BCUT2D eigenvalue weighted by atomic mass is 19.2. The van der Waals surface area contributed by atoms with Crippen LogP contribution in [0, 0.1) is 29.1 Å². The van der Waals surface area contributed by atoms with Crippen LogP contribution in [0.4, 0.5) is 27.6 Å². The van der Waals surface area contributed by atoms with E-state index < -0.39 is 59.2 Å². The summed E-state index contributed by atoms with van der Waals surface area (Å²) in [6, 6.07) is -1.40. The van der Waals surface area contributed by atoms with Crippen LogP contribution >= 0.6 is 0 Å². The molecule has 0 saturated carbocycles. The monoisotopic (exact) mass is 294 g/mol. The summed E-state index contributed by atoms with van der Waals surface area (Å²) in [5, 5.41) is 2.12. The number of rotatable bonds is 1. The number of anilines is 1. The van der Waals surface area contributed by atoms with Crippen molar-refractivity contribution in [3.63, 3.8) is 0 Å². The molecule has 1 aliphatic heterocycles. The van der Waals surface area contributed by atoms with Gasteiger partial charge in [-0.2, -0.15) is 0 Å². The minimum Gasteiger partial charge on any atom is -0.345 e. The number of nitrogens with zero attached hydrogens (tertiary/aromatic N) is 1. The molecule has 1 aromatic rings. The first-order valence-corrected chi connectivity index (χ1v) is 5.38. The summed E-state index contributed by atoms with van der Waals surface area (Å²) in [6.45, 7) is 0.507. The lowest BCUT2D eigenvalue weighted by Gasteiger charge is -2.33. The summed E-state index contributed by atoms with van der Waals surface area (Å²) in [6.07, 6.45) is 0. The number of benzene rings is 1. The zero-order valence-electron chi connectivity index (χ0n) is 9.94. The van der Waals surface area contributed by atoms with Gasteiger partial charge in [-0.05, 0) is 6.92 Å². The van der Waals surface area contributed by atoms with Gasteiger partial charge in [0.15, 0.2) is 23.3 Å². The number of halogens is 5. The van der Waals surface area contributed by atoms with Gasteiger partial charge in [0.05, 0.1) is 6.54 Å². The summed E-state index contributed by atoms with van der Waals surface area (Å²) >= 11 is 0. The van der Waals surface area contributed by atoms with E-state index in [9.17, 15) is 31.5 Å². The smallest absolute Gasteiger partial charge is 0.247 e. The first kappa shape index (κ1) is 14.2. The maximum absolute atomic E-state index is 13.6. The van der Waals surface area contributed by atoms with Crippen molar-refractivity contribution in [1.82, 2.24) is 5.32 Å². The molecule has 0 radical (unpaired) electrons. The second-order valence-corrected chi connectivity index (χ2v) is 4.08. The Kier molecular flexibility index (Phi) is 3.36. The van der Waals surface area contributed by atoms with Gasteiger partial charge < -0.3 is 5.32 Å². The Morgan fingerprint density at radius 2 is 1.40 bits per heavy atom. The summed E-state index contributed by atoms with van der Waals surface area (Å²) in [4.78, 5) is 23.2. The minimum absolute atomic E-state index is 0.259. The van der Waals surface area contributed by atoms with Gasteiger partial charge in [0.2, 0.25) is 17.6 Å². The standard InChI is InChI=1S/C11H7F5N2O2/c1-3-11(20)17-2-4(19)18(3)10-8(15)6(13)5(12)7(14)9(10)16/h3H,2H2,1H3,(H,17,20). The minimum atomic E-state index is -2.33.